The molecular weight excluding hydrogens is 156 g/mol. The molecule has 1 atom stereocenters. The first-order valence-electron chi connectivity index (χ1n) is 3.84. The van der Waals surface area contributed by atoms with Gasteiger partial charge in [0.15, 0.2) is 0 Å². The zero-order valence-corrected chi connectivity index (χ0v) is 7.26. The smallest absolute Gasteiger partial charge is 0.0784 e. The minimum Gasteiger partial charge on any atom is -0.371 e. The van der Waals surface area contributed by atoms with Gasteiger partial charge >= 0.3 is 0 Å². The second-order valence-corrected chi connectivity index (χ2v) is 4.94. The van der Waals surface area contributed by atoms with Crippen LogP contribution in [0, 0.1) is 0 Å². The van der Waals surface area contributed by atoms with Gasteiger partial charge in [0.25, 0.3) is 0 Å². The van der Waals surface area contributed by atoms with Crippen LogP contribution in [0.2, 0.25) is 0 Å². The zero-order chi connectivity index (χ0) is 7.52. The summed E-state index contributed by atoms with van der Waals surface area (Å²) in [6.45, 7) is 0.959. The summed E-state index contributed by atoms with van der Waals surface area (Å²) in [5.41, 5.74) is 0. The predicted molar refractivity (Wildman–Crippen MR) is 49.4 cm³/mol. The Hall–Kier alpha value is -0.470. The molecule has 0 bridgehead atoms. The topological polar surface area (TPSA) is 9.23 Å². The lowest BCUT2D eigenvalue weighted by molar-refractivity contribution is 0.217. The van der Waals surface area contributed by atoms with Crippen LogP contribution in [0.5, 0.6) is 0 Å². The molecule has 1 nitrogen and oxygen atoms in total. The lowest BCUT2D eigenvalue weighted by Gasteiger charge is -2.11. The van der Waals surface area contributed by atoms with Crippen LogP contribution < -0.4 is 0 Å². The molecule has 2 heteroatoms. The van der Waals surface area contributed by atoms with Crippen LogP contribution in [0.15, 0.2) is 35.2 Å². The van der Waals surface area contributed by atoms with Crippen molar-refractivity contribution in [3.8, 4) is 0 Å². The highest BCUT2D eigenvalue weighted by molar-refractivity contribution is 8.17. The van der Waals surface area contributed by atoms with Gasteiger partial charge in [0.2, 0.25) is 0 Å². The Morgan fingerprint density at radius 3 is 2.64 bits per heavy atom. The van der Waals surface area contributed by atoms with Crippen LogP contribution >= 0.6 is 10.9 Å². The molecule has 1 heterocycles. The quantitative estimate of drug-likeness (QED) is 0.631. The molecule has 1 aliphatic rings. The van der Waals surface area contributed by atoms with Crippen LogP contribution in [-0.2, 0) is 4.74 Å². The van der Waals surface area contributed by atoms with Gasteiger partial charge in [-0.25, -0.2) is 10.9 Å². The number of thiol groups is 1. The van der Waals surface area contributed by atoms with E-state index in [0.717, 1.165) is 12.5 Å². The molecule has 0 saturated carbocycles. The molecule has 1 aliphatic heterocycles. The van der Waals surface area contributed by atoms with Crippen molar-refractivity contribution in [2.24, 2.45) is 0 Å². The van der Waals surface area contributed by atoms with E-state index in [0.29, 0.717) is 0 Å². The molecule has 0 aliphatic carbocycles. The van der Waals surface area contributed by atoms with Crippen molar-refractivity contribution < 1.29 is 4.74 Å². The Balaban J connectivity index is 2.16. The van der Waals surface area contributed by atoms with Crippen molar-refractivity contribution >= 4 is 10.9 Å². The van der Waals surface area contributed by atoms with Gasteiger partial charge in [-0.1, -0.05) is 30.3 Å². The van der Waals surface area contributed by atoms with E-state index in [1.165, 1.54) is 10.6 Å². The fraction of sp³-hybridized carbons (Fsp3) is 0.333. The van der Waals surface area contributed by atoms with Crippen molar-refractivity contribution in [3.63, 3.8) is 0 Å². The largest absolute Gasteiger partial charge is 0.371 e. The van der Waals surface area contributed by atoms with Crippen LogP contribution in [0.1, 0.15) is 0 Å². The number of hydrogen-bond donors (Lipinski definition) is 1. The van der Waals surface area contributed by atoms with E-state index in [-0.39, 0.29) is 10.9 Å². The summed E-state index contributed by atoms with van der Waals surface area (Å²) in [7, 11) is 0.0376. The van der Waals surface area contributed by atoms with Crippen LogP contribution in [0.25, 0.3) is 0 Å². The normalized spacial score (nSPS) is 27.1. The van der Waals surface area contributed by atoms with Gasteiger partial charge in [-0.3, -0.25) is 0 Å². The number of benzene rings is 1. The minimum absolute atomic E-state index is 0.0376. The molecule has 1 saturated heterocycles. The standard InChI is InChI=1S/C9H12OS/c1-2-4-9(5-3-1)11-7-6-10-8-11/h1-5,11H,6-8H2. The van der Waals surface area contributed by atoms with Gasteiger partial charge in [0, 0.05) is 5.75 Å². The number of rotatable bonds is 1. The molecule has 0 radical (unpaired) electrons. The Kier molecular flexibility index (Phi) is 2.15. The van der Waals surface area contributed by atoms with Crippen molar-refractivity contribution in [2.75, 3.05) is 18.3 Å². The number of ether oxygens (including phenoxy) is 1. The fourth-order valence-corrected chi connectivity index (χ4v) is 3.09. The molecule has 2 rings (SSSR count). The van der Waals surface area contributed by atoms with E-state index in [9.17, 15) is 0 Å². The fourth-order valence-electron chi connectivity index (χ4n) is 1.26. The van der Waals surface area contributed by atoms with E-state index in [4.69, 9.17) is 4.74 Å². The Bertz CT molecular complexity index is 216. The summed E-state index contributed by atoms with van der Waals surface area (Å²) in [5.74, 6) is 2.22. The molecule has 1 unspecified atom stereocenters. The van der Waals surface area contributed by atoms with Crippen molar-refractivity contribution in [1.29, 1.82) is 0 Å². The van der Waals surface area contributed by atoms with E-state index in [2.05, 4.69) is 30.3 Å². The molecule has 0 aromatic heterocycles. The van der Waals surface area contributed by atoms with Crippen molar-refractivity contribution in [3.05, 3.63) is 30.3 Å². The highest BCUT2D eigenvalue weighted by Gasteiger charge is 2.12. The Morgan fingerprint density at radius 1 is 1.18 bits per heavy atom. The first-order valence-corrected chi connectivity index (χ1v) is 5.56. The Labute approximate surface area is 69.7 Å². The molecule has 0 amide bonds. The van der Waals surface area contributed by atoms with Gasteiger partial charge in [0.05, 0.1) is 12.5 Å². The average Bonchev–Trinajstić information content (AvgIpc) is 2.58. The van der Waals surface area contributed by atoms with Gasteiger partial charge in [-0.05, 0) is 4.90 Å². The second-order valence-electron chi connectivity index (χ2n) is 2.64. The van der Waals surface area contributed by atoms with E-state index in [1.54, 1.807) is 0 Å². The van der Waals surface area contributed by atoms with Crippen molar-refractivity contribution in [1.82, 2.24) is 0 Å². The van der Waals surface area contributed by atoms with Crippen LogP contribution in [-0.4, -0.2) is 18.3 Å². The molecule has 1 aromatic carbocycles. The van der Waals surface area contributed by atoms with Crippen molar-refractivity contribution in [2.45, 2.75) is 4.90 Å². The lowest BCUT2D eigenvalue weighted by Crippen LogP contribution is -1.83. The first-order chi connectivity index (χ1) is 5.47. The molecule has 60 valence electrons. The maximum Gasteiger partial charge on any atom is 0.0784 e. The molecule has 1 fully saturated rings. The minimum atomic E-state index is 0.0376. The third kappa shape index (κ3) is 1.57. The summed E-state index contributed by atoms with van der Waals surface area (Å²) < 4.78 is 5.34. The summed E-state index contributed by atoms with van der Waals surface area (Å²) in [6, 6.07) is 10.7. The van der Waals surface area contributed by atoms with E-state index < -0.39 is 0 Å². The lowest BCUT2D eigenvalue weighted by atomic mass is 10.4. The van der Waals surface area contributed by atoms with Gasteiger partial charge in [0.1, 0.15) is 0 Å². The van der Waals surface area contributed by atoms with E-state index >= 15 is 0 Å². The zero-order valence-electron chi connectivity index (χ0n) is 6.36. The van der Waals surface area contributed by atoms with Gasteiger partial charge in [-0.2, -0.15) is 0 Å². The predicted octanol–water partition coefficient (Wildman–Crippen LogP) is 2.03. The summed E-state index contributed by atoms with van der Waals surface area (Å²) in [5, 5.41) is 0. The van der Waals surface area contributed by atoms with Crippen LogP contribution in [0.4, 0.5) is 0 Å². The van der Waals surface area contributed by atoms with Gasteiger partial charge < -0.3 is 4.74 Å². The summed E-state index contributed by atoms with van der Waals surface area (Å²) in [6.07, 6.45) is 0. The highest BCUT2D eigenvalue weighted by atomic mass is 32.2. The average molecular weight is 168 g/mol. The summed E-state index contributed by atoms with van der Waals surface area (Å²) in [4.78, 5) is 1.49. The monoisotopic (exact) mass is 168 g/mol. The van der Waals surface area contributed by atoms with Crippen LogP contribution in [0.3, 0.4) is 0 Å². The third-order valence-corrected chi connectivity index (χ3v) is 4.12. The maximum absolute atomic E-state index is 5.34. The third-order valence-electron chi connectivity index (χ3n) is 1.87. The number of hydrogen-bond acceptors (Lipinski definition) is 1. The first kappa shape index (κ1) is 7.19. The molecule has 0 spiro atoms. The van der Waals surface area contributed by atoms with E-state index in [1.807, 2.05) is 0 Å². The molecule has 0 N–H and O–H groups in total. The maximum atomic E-state index is 5.34. The molecule has 11 heavy (non-hydrogen) atoms. The summed E-state index contributed by atoms with van der Waals surface area (Å²) >= 11 is 0. The van der Waals surface area contributed by atoms with Gasteiger partial charge in [-0.15, -0.1) is 0 Å². The Morgan fingerprint density at radius 2 is 2.00 bits per heavy atom. The molecular formula is C9H12OS. The second kappa shape index (κ2) is 3.28. The SMILES string of the molecule is c1ccc([SH]2CCOC2)cc1. The highest BCUT2D eigenvalue weighted by Crippen LogP contribution is 2.38. The molecule has 1 aromatic rings.